The van der Waals surface area contributed by atoms with E-state index in [9.17, 15) is 9.59 Å². The number of hydrogen-bond acceptors (Lipinski definition) is 5. The van der Waals surface area contributed by atoms with E-state index in [0.717, 1.165) is 5.56 Å². The lowest BCUT2D eigenvalue weighted by molar-refractivity contribution is 0.0526. The molecule has 0 saturated heterocycles. The minimum Gasteiger partial charge on any atom is -0.444 e. The minimum absolute atomic E-state index is 0.243. The van der Waals surface area contributed by atoms with E-state index in [4.69, 9.17) is 4.74 Å². The van der Waals surface area contributed by atoms with E-state index in [2.05, 4.69) is 20.6 Å². The number of nitrogens with zero attached hydrogens (tertiary/aromatic N) is 2. The van der Waals surface area contributed by atoms with Gasteiger partial charge in [-0.15, -0.1) is 0 Å². The summed E-state index contributed by atoms with van der Waals surface area (Å²) in [6.45, 7) is 7.91. The molecule has 2 N–H and O–H groups in total. The Morgan fingerprint density at radius 3 is 2.27 bits per heavy atom. The molecule has 0 aliphatic rings. The van der Waals surface area contributed by atoms with E-state index in [-0.39, 0.29) is 12.5 Å². The molecule has 138 valence electrons. The molecule has 2 aromatic heterocycles. The number of hydrogen-bond donors (Lipinski definition) is 2. The summed E-state index contributed by atoms with van der Waals surface area (Å²) in [5.41, 5.74) is 2.35. The van der Waals surface area contributed by atoms with Crippen LogP contribution in [0.2, 0.25) is 0 Å². The van der Waals surface area contributed by atoms with Gasteiger partial charge < -0.3 is 15.4 Å². The number of pyridine rings is 2. The van der Waals surface area contributed by atoms with Crippen molar-refractivity contribution in [2.24, 2.45) is 0 Å². The topological polar surface area (TPSA) is 93.2 Å². The fourth-order valence-corrected chi connectivity index (χ4v) is 2.14. The fraction of sp³-hybridized carbons (Fsp3) is 0.368. The highest BCUT2D eigenvalue weighted by Crippen LogP contribution is 2.16. The molecule has 0 unspecified atom stereocenters. The first-order valence-corrected chi connectivity index (χ1v) is 8.39. The Morgan fingerprint density at radius 1 is 1.00 bits per heavy atom. The van der Waals surface area contributed by atoms with Gasteiger partial charge in [0.25, 0.3) is 5.91 Å². The molecule has 0 bridgehead atoms. The number of nitrogens with one attached hydrogen (secondary N) is 2. The highest BCUT2D eigenvalue weighted by Gasteiger charge is 2.15. The predicted octanol–water partition coefficient (Wildman–Crippen LogP) is 2.71. The number of carbonyl (C=O) groups is 2. The van der Waals surface area contributed by atoms with Crippen molar-refractivity contribution in [3.63, 3.8) is 0 Å². The number of rotatable bonds is 5. The molecule has 0 aromatic carbocycles. The van der Waals surface area contributed by atoms with E-state index >= 15 is 0 Å². The molecule has 0 atom stereocenters. The van der Waals surface area contributed by atoms with Crippen LogP contribution in [0.3, 0.4) is 0 Å². The maximum Gasteiger partial charge on any atom is 0.407 e. The van der Waals surface area contributed by atoms with Gasteiger partial charge in [0.2, 0.25) is 0 Å². The second kappa shape index (κ2) is 8.42. The first kappa shape index (κ1) is 19.4. The Morgan fingerprint density at radius 2 is 1.62 bits per heavy atom. The van der Waals surface area contributed by atoms with Crippen LogP contribution >= 0.6 is 0 Å². The van der Waals surface area contributed by atoms with Gasteiger partial charge in [0, 0.05) is 31.0 Å². The third-order valence-corrected chi connectivity index (χ3v) is 3.28. The van der Waals surface area contributed by atoms with Crippen molar-refractivity contribution in [2.45, 2.75) is 33.3 Å². The molecular weight excluding hydrogens is 332 g/mol. The first-order chi connectivity index (χ1) is 12.2. The van der Waals surface area contributed by atoms with Gasteiger partial charge in [-0.1, -0.05) is 0 Å². The molecule has 7 nitrogen and oxygen atoms in total. The van der Waals surface area contributed by atoms with Crippen molar-refractivity contribution in [3.8, 4) is 11.4 Å². The van der Waals surface area contributed by atoms with E-state index < -0.39 is 11.7 Å². The summed E-state index contributed by atoms with van der Waals surface area (Å²) in [6.07, 6.45) is 2.78. The summed E-state index contributed by atoms with van der Waals surface area (Å²) in [5, 5.41) is 5.34. The van der Waals surface area contributed by atoms with Gasteiger partial charge >= 0.3 is 6.09 Å². The summed E-state index contributed by atoms with van der Waals surface area (Å²) < 4.78 is 5.13. The van der Waals surface area contributed by atoms with Gasteiger partial charge in [0.15, 0.2) is 0 Å². The molecule has 0 saturated carbocycles. The second-order valence-electron chi connectivity index (χ2n) is 6.83. The van der Waals surface area contributed by atoms with Crippen LogP contribution in [-0.2, 0) is 4.74 Å². The van der Waals surface area contributed by atoms with E-state index in [1.54, 1.807) is 45.3 Å². The number of carbonyl (C=O) groups excluding carboxylic acids is 2. The number of ether oxygens (including phenoxy) is 1. The van der Waals surface area contributed by atoms with Gasteiger partial charge in [-0.2, -0.15) is 0 Å². The highest BCUT2D eigenvalue weighted by molar-refractivity contribution is 5.95. The molecule has 0 fully saturated rings. The van der Waals surface area contributed by atoms with Gasteiger partial charge in [-0.25, -0.2) is 4.79 Å². The lowest BCUT2D eigenvalue weighted by atomic mass is 10.1. The van der Waals surface area contributed by atoms with Crippen LogP contribution in [0.25, 0.3) is 11.4 Å². The van der Waals surface area contributed by atoms with E-state index in [0.29, 0.717) is 23.5 Å². The van der Waals surface area contributed by atoms with Crippen LogP contribution in [-0.4, -0.2) is 40.7 Å². The van der Waals surface area contributed by atoms with Gasteiger partial charge in [0.05, 0.1) is 11.4 Å². The summed E-state index contributed by atoms with van der Waals surface area (Å²) in [7, 11) is 0. The summed E-state index contributed by atoms with van der Waals surface area (Å²) in [4.78, 5) is 32.4. The van der Waals surface area contributed by atoms with E-state index in [1.165, 1.54) is 0 Å². The van der Waals surface area contributed by atoms with Crippen molar-refractivity contribution in [2.75, 3.05) is 13.1 Å². The smallest absolute Gasteiger partial charge is 0.407 e. The van der Waals surface area contributed by atoms with Crippen LogP contribution in [0.5, 0.6) is 0 Å². The predicted molar refractivity (Wildman–Crippen MR) is 98.8 cm³/mol. The SMILES string of the molecule is Cc1ccnc(-c2cc(C(=O)NCCNC(=O)OC(C)(C)C)ccn2)c1. The average Bonchev–Trinajstić information content (AvgIpc) is 2.57. The van der Waals surface area contributed by atoms with Crippen molar-refractivity contribution in [1.29, 1.82) is 0 Å². The van der Waals surface area contributed by atoms with Crippen molar-refractivity contribution in [3.05, 3.63) is 47.8 Å². The molecule has 2 heterocycles. The molecule has 7 heteroatoms. The monoisotopic (exact) mass is 356 g/mol. The second-order valence-corrected chi connectivity index (χ2v) is 6.83. The Bertz CT molecular complexity index is 784. The number of alkyl carbamates (subject to hydrolysis) is 1. The molecule has 2 aromatic rings. The first-order valence-electron chi connectivity index (χ1n) is 8.39. The van der Waals surface area contributed by atoms with Gasteiger partial charge in [-0.3, -0.25) is 14.8 Å². The minimum atomic E-state index is -0.551. The van der Waals surface area contributed by atoms with Crippen LogP contribution in [0.1, 0.15) is 36.7 Å². The van der Waals surface area contributed by atoms with Crippen molar-refractivity contribution < 1.29 is 14.3 Å². The number of aryl methyl sites for hydroxylation is 1. The van der Waals surface area contributed by atoms with Crippen molar-refractivity contribution in [1.82, 2.24) is 20.6 Å². The lowest BCUT2D eigenvalue weighted by Crippen LogP contribution is -2.37. The molecule has 0 radical (unpaired) electrons. The summed E-state index contributed by atoms with van der Waals surface area (Å²) in [5.74, 6) is -0.243. The third-order valence-electron chi connectivity index (χ3n) is 3.28. The fourth-order valence-electron chi connectivity index (χ4n) is 2.14. The number of amides is 2. The Hall–Kier alpha value is -2.96. The quantitative estimate of drug-likeness (QED) is 0.804. The molecule has 0 aliphatic carbocycles. The zero-order valence-electron chi connectivity index (χ0n) is 15.5. The molecule has 26 heavy (non-hydrogen) atoms. The van der Waals surface area contributed by atoms with Crippen LogP contribution in [0.15, 0.2) is 36.7 Å². The number of aromatic nitrogens is 2. The Kier molecular flexibility index (Phi) is 6.27. The molecule has 0 spiro atoms. The Balaban J connectivity index is 1.88. The third kappa shape index (κ3) is 6.16. The van der Waals surface area contributed by atoms with Crippen LogP contribution in [0, 0.1) is 6.92 Å². The molecule has 2 amide bonds. The highest BCUT2D eigenvalue weighted by atomic mass is 16.6. The standard InChI is InChI=1S/C19H24N4O3/c1-13-5-7-20-15(11-13)16-12-14(6-8-21-16)17(24)22-9-10-23-18(25)26-19(2,3)4/h5-8,11-12H,9-10H2,1-4H3,(H,22,24)(H,23,25). The van der Waals surface area contributed by atoms with Gasteiger partial charge in [0.1, 0.15) is 5.60 Å². The van der Waals surface area contributed by atoms with Crippen LogP contribution < -0.4 is 10.6 Å². The largest absolute Gasteiger partial charge is 0.444 e. The molecular formula is C19H24N4O3. The average molecular weight is 356 g/mol. The zero-order chi connectivity index (χ0) is 19.2. The van der Waals surface area contributed by atoms with Crippen LogP contribution in [0.4, 0.5) is 4.79 Å². The normalized spacial score (nSPS) is 10.9. The maximum absolute atomic E-state index is 12.3. The lowest BCUT2D eigenvalue weighted by Gasteiger charge is -2.19. The molecule has 0 aliphatic heterocycles. The summed E-state index contributed by atoms with van der Waals surface area (Å²) in [6, 6.07) is 7.14. The Labute approximate surface area is 153 Å². The maximum atomic E-state index is 12.3. The zero-order valence-corrected chi connectivity index (χ0v) is 15.5. The summed E-state index contributed by atoms with van der Waals surface area (Å²) >= 11 is 0. The molecule has 2 rings (SSSR count). The van der Waals surface area contributed by atoms with Crippen molar-refractivity contribution >= 4 is 12.0 Å². The van der Waals surface area contributed by atoms with E-state index in [1.807, 2.05) is 19.1 Å². The van der Waals surface area contributed by atoms with Gasteiger partial charge in [-0.05, 0) is 57.5 Å².